The second kappa shape index (κ2) is 7.35. The van der Waals surface area contributed by atoms with Gasteiger partial charge in [-0.1, -0.05) is 6.07 Å². The molecule has 2 aliphatic rings. The molecule has 1 amide bonds. The van der Waals surface area contributed by atoms with Gasteiger partial charge in [-0.2, -0.15) is 0 Å². The summed E-state index contributed by atoms with van der Waals surface area (Å²) in [7, 11) is -3.73. The largest absolute Gasteiger partial charge is 0.486 e. The van der Waals surface area contributed by atoms with E-state index < -0.39 is 16.1 Å². The number of carbonyl (C=O) groups excluding carboxylic acids is 1. The van der Waals surface area contributed by atoms with Gasteiger partial charge in [-0.25, -0.2) is 13.1 Å². The van der Waals surface area contributed by atoms with Crippen molar-refractivity contribution in [2.45, 2.75) is 44.2 Å². The van der Waals surface area contributed by atoms with Crippen LogP contribution in [0.1, 0.15) is 37.9 Å². The van der Waals surface area contributed by atoms with E-state index in [0.29, 0.717) is 31.1 Å². The van der Waals surface area contributed by atoms with Crippen LogP contribution in [0.5, 0.6) is 11.5 Å². The van der Waals surface area contributed by atoms with E-state index in [1.54, 1.807) is 42.2 Å². The SMILES string of the molecule is CC(=O)N1c2ccc(S(=O)(=O)N[C@@H](C)c3ccc4c(c3)OCCO4)cc2C[C@H]1C. The number of nitrogens with zero attached hydrogens (tertiary/aromatic N) is 1. The smallest absolute Gasteiger partial charge is 0.241 e. The third-order valence-electron chi connectivity index (χ3n) is 5.31. The van der Waals surface area contributed by atoms with Crippen LogP contribution in [0.4, 0.5) is 5.69 Å². The summed E-state index contributed by atoms with van der Waals surface area (Å²) in [4.78, 5) is 13.8. The van der Waals surface area contributed by atoms with Gasteiger partial charge in [-0.05, 0) is 61.7 Å². The summed E-state index contributed by atoms with van der Waals surface area (Å²) >= 11 is 0. The first-order valence-electron chi connectivity index (χ1n) is 9.61. The molecule has 8 heteroatoms. The average Bonchev–Trinajstić information content (AvgIpc) is 3.02. The number of sulfonamides is 1. The maximum absolute atomic E-state index is 13.0. The third-order valence-corrected chi connectivity index (χ3v) is 6.85. The highest BCUT2D eigenvalue weighted by Crippen LogP contribution is 2.35. The zero-order valence-electron chi connectivity index (χ0n) is 16.6. The fourth-order valence-electron chi connectivity index (χ4n) is 3.95. The monoisotopic (exact) mass is 416 g/mol. The highest BCUT2D eigenvalue weighted by Gasteiger charge is 2.30. The van der Waals surface area contributed by atoms with E-state index in [4.69, 9.17) is 9.47 Å². The number of rotatable bonds is 4. The molecule has 154 valence electrons. The van der Waals surface area contributed by atoms with Crippen LogP contribution in [0, 0.1) is 0 Å². The van der Waals surface area contributed by atoms with Crippen LogP contribution in [-0.2, 0) is 21.2 Å². The summed E-state index contributed by atoms with van der Waals surface area (Å²) in [6.07, 6.45) is 0.635. The maximum Gasteiger partial charge on any atom is 0.241 e. The van der Waals surface area contributed by atoms with Gasteiger partial charge in [-0.3, -0.25) is 4.79 Å². The number of amides is 1. The molecular weight excluding hydrogens is 392 g/mol. The molecule has 0 saturated heterocycles. The van der Waals surface area contributed by atoms with Crippen molar-refractivity contribution >= 4 is 21.6 Å². The van der Waals surface area contributed by atoms with E-state index in [1.165, 1.54) is 6.92 Å². The van der Waals surface area contributed by atoms with E-state index in [2.05, 4.69) is 4.72 Å². The Bertz CT molecular complexity index is 1070. The van der Waals surface area contributed by atoms with Crippen molar-refractivity contribution in [2.24, 2.45) is 0 Å². The minimum atomic E-state index is -3.73. The molecule has 0 saturated carbocycles. The fourth-order valence-corrected chi connectivity index (χ4v) is 5.23. The van der Waals surface area contributed by atoms with Crippen LogP contribution >= 0.6 is 0 Å². The van der Waals surface area contributed by atoms with Gasteiger partial charge in [0.15, 0.2) is 11.5 Å². The highest BCUT2D eigenvalue weighted by molar-refractivity contribution is 7.89. The van der Waals surface area contributed by atoms with Crippen molar-refractivity contribution in [3.8, 4) is 11.5 Å². The Hall–Kier alpha value is -2.58. The van der Waals surface area contributed by atoms with Crippen LogP contribution < -0.4 is 19.1 Å². The first-order chi connectivity index (χ1) is 13.8. The van der Waals surface area contributed by atoms with Crippen LogP contribution in [0.25, 0.3) is 0 Å². The molecule has 0 spiro atoms. The van der Waals surface area contributed by atoms with Crippen LogP contribution in [0.3, 0.4) is 0 Å². The van der Waals surface area contributed by atoms with Gasteiger partial charge in [0.25, 0.3) is 0 Å². The van der Waals surface area contributed by atoms with Crippen LogP contribution in [0.2, 0.25) is 0 Å². The number of carbonyl (C=O) groups is 1. The summed E-state index contributed by atoms with van der Waals surface area (Å²) in [5, 5.41) is 0. The first-order valence-corrected chi connectivity index (χ1v) is 11.1. The van der Waals surface area contributed by atoms with Crippen molar-refractivity contribution in [2.75, 3.05) is 18.1 Å². The Morgan fingerprint density at radius 3 is 2.59 bits per heavy atom. The fraction of sp³-hybridized carbons (Fsp3) is 0.381. The summed E-state index contributed by atoms with van der Waals surface area (Å²) in [5.41, 5.74) is 2.43. The number of ether oxygens (including phenoxy) is 2. The van der Waals surface area contributed by atoms with E-state index >= 15 is 0 Å². The standard InChI is InChI=1S/C21H24N2O5S/c1-13-10-17-11-18(5-6-19(17)23(13)15(3)24)29(25,26)22-14(2)16-4-7-20-21(12-16)28-9-8-27-20/h4-7,11-14,22H,8-10H2,1-3H3/t13-,14+/m1/s1. The predicted octanol–water partition coefficient (Wildman–Crippen LogP) is 2.79. The molecule has 2 aromatic carbocycles. The zero-order chi connectivity index (χ0) is 20.8. The molecule has 2 heterocycles. The van der Waals surface area contributed by atoms with Crippen molar-refractivity contribution in [1.29, 1.82) is 0 Å². The number of nitrogens with one attached hydrogen (secondary N) is 1. The normalized spacial score (nSPS) is 19.0. The molecule has 1 N–H and O–H groups in total. The van der Waals surface area contributed by atoms with Crippen molar-refractivity contribution < 1.29 is 22.7 Å². The molecule has 7 nitrogen and oxygen atoms in total. The van der Waals surface area contributed by atoms with Gasteiger partial charge < -0.3 is 14.4 Å². The summed E-state index contributed by atoms with van der Waals surface area (Å²) in [5.74, 6) is 1.24. The molecule has 0 fully saturated rings. The second-order valence-electron chi connectivity index (χ2n) is 7.48. The lowest BCUT2D eigenvalue weighted by Gasteiger charge is -2.21. The van der Waals surface area contributed by atoms with Gasteiger partial charge in [0, 0.05) is 24.7 Å². The van der Waals surface area contributed by atoms with E-state index in [-0.39, 0.29) is 16.8 Å². The molecule has 2 aliphatic heterocycles. The van der Waals surface area contributed by atoms with Crippen molar-refractivity contribution in [3.05, 3.63) is 47.5 Å². The summed E-state index contributed by atoms with van der Waals surface area (Å²) in [6, 6.07) is 9.92. The lowest BCUT2D eigenvalue weighted by Crippen LogP contribution is -2.33. The van der Waals surface area contributed by atoms with Gasteiger partial charge in [0.1, 0.15) is 13.2 Å². The Morgan fingerprint density at radius 2 is 1.86 bits per heavy atom. The average molecular weight is 416 g/mol. The van der Waals surface area contributed by atoms with E-state index in [1.807, 2.05) is 13.0 Å². The molecule has 0 aromatic heterocycles. The lowest BCUT2D eigenvalue weighted by molar-refractivity contribution is -0.116. The molecule has 2 atom stereocenters. The minimum Gasteiger partial charge on any atom is -0.486 e. The molecule has 29 heavy (non-hydrogen) atoms. The zero-order valence-corrected chi connectivity index (χ0v) is 17.5. The predicted molar refractivity (Wildman–Crippen MR) is 109 cm³/mol. The van der Waals surface area contributed by atoms with E-state index in [9.17, 15) is 13.2 Å². The molecule has 2 aromatic rings. The number of fused-ring (bicyclic) bond motifs is 2. The van der Waals surface area contributed by atoms with Crippen molar-refractivity contribution in [1.82, 2.24) is 4.72 Å². The maximum atomic E-state index is 13.0. The van der Waals surface area contributed by atoms with Crippen molar-refractivity contribution in [3.63, 3.8) is 0 Å². The van der Waals surface area contributed by atoms with Gasteiger partial charge >= 0.3 is 0 Å². The van der Waals surface area contributed by atoms with Crippen LogP contribution in [-0.4, -0.2) is 33.6 Å². The Kier molecular flexibility index (Phi) is 5.00. The number of hydrogen-bond acceptors (Lipinski definition) is 5. The topological polar surface area (TPSA) is 84.9 Å². The van der Waals surface area contributed by atoms with Gasteiger partial charge in [0.05, 0.1) is 4.90 Å². The van der Waals surface area contributed by atoms with E-state index in [0.717, 1.165) is 16.8 Å². The Labute approximate surface area is 170 Å². The molecule has 0 aliphatic carbocycles. The molecule has 0 radical (unpaired) electrons. The quantitative estimate of drug-likeness (QED) is 0.829. The summed E-state index contributed by atoms with van der Waals surface area (Å²) < 4.78 is 39.7. The Balaban J connectivity index is 1.56. The second-order valence-corrected chi connectivity index (χ2v) is 9.19. The molecule has 0 unspecified atom stereocenters. The minimum absolute atomic E-state index is 0.0186. The lowest BCUT2D eigenvalue weighted by atomic mass is 10.1. The molecule has 4 rings (SSSR count). The van der Waals surface area contributed by atoms with Crippen LogP contribution in [0.15, 0.2) is 41.3 Å². The molecular formula is C21H24N2O5S. The number of anilines is 1. The summed E-state index contributed by atoms with van der Waals surface area (Å²) in [6.45, 7) is 6.24. The highest BCUT2D eigenvalue weighted by atomic mass is 32.2. The number of benzene rings is 2. The Morgan fingerprint density at radius 1 is 1.14 bits per heavy atom. The molecule has 0 bridgehead atoms. The van der Waals surface area contributed by atoms with Gasteiger partial charge in [0.2, 0.25) is 15.9 Å². The number of hydrogen-bond donors (Lipinski definition) is 1. The third kappa shape index (κ3) is 3.70. The van der Waals surface area contributed by atoms with Gasteiger partial charge in [-0.15, -0.1) is 0 Å². The first kappa shape index (κ1) is 19.7.